The summed E-state index contributed by atoms with van der Waals surface area (Å²) in [7, 11) is 0. The highest BCUT2D eigenvalue weighted by molar-refractivity contribution is 6.33. The van der Waals surface area contributed by atoms with Gasteiger partial charge in [-0.1, -0.05) is 41.9 Å². The zero-order valence-electron chi connectivity index (χ0n) is 13.7. The van der Waals surface area contributed by atoms with Crippen LogP contribution in [0.4, 0.5) is 10.1 Å². The van der Waals surface area contributed by atoms with E-state index in [0.29, 0.717) is 5.02 Å². The lowest BCUT2D eigenvalue weighted by Gasteiger charge is -2.03. The SMILES string of the molecule is Fc1ccc(-c2[nH]c3ccccc3c2/C=N/Nc2ccccc2Cl)cc1. The Hall–Kier alpha value is -3.11. The Morgan fingerprint density at radius 3 is 2.46 bits per heavy atom. The van der Waals surface area contributed by atoms with Gasteiger partial charge in [0.25, 0.3) is 0 Å². The summed E-state index contributed by atoms with van der Waals surface area (Å²) in [6.07, 6.45) is 1.75. The van der Waals surface area contributed by atoms with Crippen LogP contribution in [-0.2, 0) is 0 Å². The smallest absolute Gasteiger partial charge is 0.123 e. The van der Waals surface area contributed by atoms with Crippen molar-refractivity contribution in [2.24, 2.45) is 5.10 Å². The van der Waals surface area contributed by atoms with Crippen molar-refractivity contribution in [2.45, 2.75) is 0 Å². The number of nitrogens with one attached hydrogen (secondary N) is 2. The van der Waals surface area contributed by atoms with Crippen molar-refractivity contribution in [2.75, 3.05) is 5.43 Å². The second-order valence-corrected chi connectivity index (χ2v) is 6.22. The van der Waals surface area contributed by atoms with E-state index in [1.54, 1.807) is 24.4 Å². The largest absolute Gasteiger partial charge is 0.354 e. The number of hydrogen-bond donors (Lipinski definition) is 2. The van der Waals surface area contributed by atoms with Crippen molar-refractivity contribution < 1.29 is 4.39 Å². The van der Waals surface area contributed by atoms with E-state index in [4.69, 9.17) is 11.6 Å². The van der Waals surface area contributed by atoms with E-state index in [1.807, 2.05) is 42.5 Å². The van der Waals surface area contributed by atoms with Gasteiger partial charge in [-0.2, -0.15) is 5.10 Å². The van der Waals surface area contributed by atoms with Crippen LogP contribution < -0.4 is 5.43 Å². The molecule has 26 heavy (non-hydrogen) atoms. The minimum atomic E-state index is -0.263. The first kappa shape index (κ1) is 16.4. The number of aromatic amines is 1. The van der Waals surface area contributed by atoms with Gasteiger partial charge >= 0.3 is 0 Å². The number of hydrogen-bond acceptors (Lipinski definition) is 2. The average molecular weight is 364 g/mol. The number of fused-ring (bicyclic) bond motifs is 1. The summed E-state index contributed by atoms with van der Waals surface area (Å²) in [6.45, 7) is 0. The molecule has 0 bridgehead atoms. The van der Waals surface area contributed by atoms with Gasteiger partial charge in [0.15, 0.2) is 0 Å². The minimum absolute atomic E-state index is 0.263. The van der Waals surface area contributed by atoms with Gasteiger partial charge in [-0.15, -0.1) is 0 Å². The summed E-state index contributed by atoms with van der Waals surface area (Å²) in [5.41, 5.74) is 7.39. The fourth-order valence-electron chi connectivity index (χ4n) is 2.86. The molecule has 0 fully saturated rings. The Bertz CT molecular complexity index is 1080. The fraction of sp³-hybridized carbons (Fsp3) is 0. The first-order valence-electron chi connectivity index (χ1n) is 8.12. The molecule has 1 heterocycles. The number of benzene rings is 3. The van der Waals surface area contributed by atoms with Crippen molar-refractivity contribution in [1.82, 2.24) is 4.98 Å². The van der Waals surface area contributed by atoms with Gasteiger partial charge in [0, 0.05) is 16.5 Å². The normalized spacial score (nSPS) is 11.3. The highest BCUT2D eigenvalue weighted by atomic mass is 35.5. The zero-order chi connectivity index (χ0) is 17.9. The Kier molecular flexibility index (Phi) is 4.42. The van der Waals surface area contributed by atoms with Crippen molar-refractivity contribution in [1.29, 1.82) is 0 Å². The average Bonchev–Trinajstić information content (AvgIpc) is 3.03. The van der Waals surface area contributed by atoms with Crippen LogP contribution in [0.3, 0.4) is 0 Å². The van der Waals surface area contributed by atoms with Crippen LogP contribution >= 0.6 is 11.6 Å². The van der Waals surface area contributed by atoms with Gasteiger partial charge in [0.05, 0.1) is 22.6 Å². The lowest BCUT2D eigenvalue weighted by Crippen LogP contribution is -1.92. The van der Waals surface area contributed by atoms with Crippen LogP contribution in [0, 0.1) is 5.82 Å². The Morgan fingerprint density at radius 2 is 1.65 bits per heavy atom. The van der Waals surface area contributed by atoms with Gasteiger partial charge in [-0.3, -0.25) is 5.43 Å². The monoisotopic (exact) mass is 363 g/mol. The third-order valence-electron chi connectivity index (χ3n) is 4.13. The molecule has 4 rings (SSSR count). The number of nitrogens with zero attached hydrogens (tertiary/aromatic N) is 1. The summed E-state index contributed by atoms with van der Waals surface area (Å²) in [6, 6.07) is 21.8. The number of halogens is 2. The predicted molar refractivity (Wildman–Crippen MR) is 106 cm³/mol. The number of para-hydroxylation sites is 2. The Balaban J connectivity index is 1.75. The standard InChI is InChI=1S/C21H15ClFN3/c22-18-6-2-4-8-20(18)26-24-13-17-16-5-1-3-7-19(16)25-21(17)14-9-11-15(23)12-10-14/h1-13,25-26H/b24-13+. The molecule has 128 valence electrons. The number of hydrazone groups is 1. The fourth-order valence-corrected chi connectivity index (χ4v) is 3.04. The molecule has 0 spiro atoms. The molecule has 0 aliphatic rings. The molecule has 2 N–H and O–H groups in total. The molecule has 3 nitrogen and oxygen atoms in total. The molecule has 1 aromatic heterocycles. The third-order valence-corrected chi connectivity index (χ3v) is 4.46. The number of rotatable bonds is 4. The maximum absolute atomic E-state index is 13.3. The molecular weight excluding hydrogens is 349 g/mol. The van der Waals surface area contributed by atoms with E-state index >= 15 is 0 Å². The van der Waals surface area contributed by atoms with Gasteiger partial charge in [-0.25, -0.2) is 4.39 Å². The van der Waals surface area contributed by atoms with Crippen molar-refractivity contribution >= 4 is 34.4 Å². The van der Waals surface area contributed by atoms with E-state index in [2.05, 4.69) is 15.5 Å². The van der Waals surface area contributed by atoms with E-state index in [1.165, 1.54) is 12.1 Å². The molecule has 0 radical (unpaired) electrons. The summed E-state index contributed by atoms with van der Waals surface area (Å²) in [5.74, 6) is -0.263. The van der Waals surface area contributed by atoms with Gasteiger partial charge in [-0.05, 0) is 48.0 Å². The van der Waals surface area contributed by atoms with Crippen molar-refractivity contribution in [3.63, 3.8) is 0 Å². The quantitative estimate of drug-likeness (QED) is 0.335. The molecule has 0 saturated carbocycles. The van der Waals surface area contributed by atoms with Crippen molar-refractivity contribution in [3.05, 3.63) is 89.2 Å². The van der Waals surface area contributed by atoms with Crippen LogP contribution in [0.5, 0.6) is 0 Å². The molecule has 4 aromatic rings. The summed E-state index contributed by atoms with van der Waals surface area (Å²) in [5, 5.41) is 5.98. The number of aromatic nitrogens is 1. The molecular formula is C21H15ClFN3. The Morgan fingerprint density at radius 1 is 0.923 bits per heavy atom. The lowest BCUT2D eigenvalue weighted by molar-refractivity contribution is 0.628. The lowest BCUT2D eigenvalue weighted by atomic mass is 10.1. The highest BCUT2D eigenvalue weighted by Gasteiger charge is 2.11. The van der Waals surface area contributed by atoms with E-state index < -0.39 is 0 Å². The summed E-state index contributed by atoms with van der Waals surface area (Å²) >= 11 is 6.14. The van der Waals surface area contributed by atoms with Crippen LogP contribution in [0.2, 0.25) is 5.02 Å². The van der Waals surface area contributed by atoms with Gasteiger partial charge < -0.3 is 4.98 Å². The molecule has 0 aliphatic carbocycles. The molecule has 5 heteroatoms. The number of anilines is 1. The zero-order valence-corrected chi connectivity index (χ0v) is 14.5. The van der Waals surface area contributed by atoms with Gasteiger partial charge in [0.1, 0.15) is 5.82 Å². The van der Waals surface area contributed by atoms with Crippen molar-refractivity contribution in [3.8, 4) is 11.3 Å². The van der Waals surface area contributed by atoms with E-state index in [9.17, 15) is 4.39 Å². The minimum Gasteiger partial charge on any atom is -0.354 e. The summed E-state index contributed by atoms with van der Waals surface area (Å²) < 4.78 is 13.3. The molecule has 0 aliphatic heterocycles. The molecule has 0 saturated heterocycles. The van der Waals surface area contributed by atoms with Crippen LogP contribution in [0.25, 0.3) is 22.2 Å². The maximum atomic E-state index is 13.3. The van der Waals surface area contributed by atoms with Gasteiger partial charge in [0.2, 0.25) is 0 Å². The molecule has 0 unspecified atom stereocenters. The second kappa shape index (κ2) is 7.02. The predicted octanol–water partition coefficient (Wildman–Crippen LogP) is 6.07. The summed E-state index contributed by atoms with van der Waals surface area (Å²) in [4.78, 5) is 3.39. The van der Waals surface area contributed by atoms with Crippen LogP contribution in [0.15, 0.2) is 77.9 Å². The third kappa shape index (κ3) is 3.19. The maximum Gasteiger partial charge on any atom is 0.123 e. The highest BCUT2D eigenvalue weighted by Crippen LogP contribution is 2.29. The van der Waals surface area contributed by atoms with Crippen LogP contribution in [-0.4, -0.2) is 11.2 Å². The second-order valence-electron chi connectivity index (χ2n) is 5.82. The first-order valence-corrected chi connectivity index (χ1v) is 8.50. The van der Waals surface area contributed by atoms with E-state index in [0.717, 1.165) is 33.4 Å². The topological polar surface area (TPSA) is 40.2 Å². The van der Waals surface area contributed by atoms with Crippen LogP contribution in [0.1, 0.15) is 5.56 Å². The number of H-pyrrole nitrogens is 1. The molecule has 0 atom stereocenters. The first-order chi connectivity index (χ1) is 12.7. The van der Waals surface area contributed by atoms with E-state index in [-0.39, 0.29) is 5.82 Å². The Labute approximate surface area is 155 Å². The molecule has 0 amide bonds. The molecule has 3 aromatic carbocycles.